The average molecular weight is 245 g/mol. The molecule has 0 fully saturated rings. The molecule has 0 aliphatic rings. The summed E-state index contributed by atoms with van der Waals surface area (Å²) in [5.41, 5.74) is 1.07. The van der Waals surface area contributed by atoms with Gasteiger partial charge in [0, 0.05) is 16.5 Å². The van der Waals surface area contributed by atoms with Crippen molar-refractivity contribution in [2.75, 3.05) is 5.75 Å². The van der Waals surface area contributed by atoms with E-state index >= 15 is 0 Å². The third kappa shape index (κ3) is 4.22. The highest BCUT2D eigenvalue weighted by Gasteiger charge is 2.17. The maximum atomic E-state index is 10.3. The van der Waals surface area contributed by atoms with Gasteiger partial charge in [0.1, 0.15) is 0 Å². The van der Waals surface area contributed by atoms with E-state index in [-0.39, 0.29) is 11.2 Å². The zero-order valence-corrected chi connectivity index (χ0v) is 10.7. The number of thioether (sulfide) groups is 1. The van der Waals surface area contributed by atoms with Crippen molar-refractivity contribution in [3.05, 3.63) is 16.1 Å². The quantitative estimate of drug-likeness (QED) is 0.886. The SMILES string of the molecule is CC(C)(C)c1nc(CSCC(=O)O)cs1. The van der Waals surface area contributed by atoms with Gasteiger partial charge in [-0.2, -0.15) is 0 Å². The van der Waals surface area contributed by atoms with Crippen molar-refractivity contribution >= 4 is 29.1 Å². The van der Waals surface area contributed by atoms with Gasteiger partial charge >= 0.3 is 5.97 Å². The van der Waals surface area contributed by atoms with Gasteiger partial charge in [0.15, 0.2) is 0 Å². The van der Waals surface area contributed by atoms with Gasteiger partial charge in [-0.3, -0.25) is 4.79 Å². The van der Waals surface area contributed by atoms with E-state index in [2.05, 4.69) is 25.8 Å². The minimum absolute atomic E-state index is 0.0837. The summed E-state index contributed by atoms with van der Waals surface area (Å²) < 4.78 is 0. The van der Waals surface area contributed by atoms with E-state index < -0.39 is 5.97 Å². The van der Waals surface area contributed by atoms with Crippen LogP contribution in [0.5, 0.6) is 0 Å². The molecule has 0 spiro atoms. The maximum Gasteiger partial charge on any atom is 0.313 e. The predicted molar refractivity (Wildman–Crippen MR) is 64.6 cm³/mol. The first-order valence-electron chi connectivity index (χ1n) is 4.64. The second kappa shape index (κ2) is 4.99. The number of carboxylic acid groups (broad SMARTS) is 1. The topological polar surface area (TPSA) is 50.2 Å². The van der Waals surface area contributed by atoms with E-state index in [9.17, 15) is 4.79 Å². The van der Waals surface area contributed by atoms with Crippen LogP contribution < -0.4 is 0 Å². The number of carboxylic acids is 1. The largest absolute Gasteiger partial charge is 0.481 e. The van der Waals surface area contributed by atoms with Crippen LogP contribution in [0.1, 0.15) is 31.5 Å². The first-order chi connectivity index (χ1) is 6.89. The number of thiazole rings is 1. The van der Waals surface area contributed by atoms with Crippen LogP contribution in [-0.2, 0) is 16.0 Å². The summed E-state index contributed by atoms with van der Waals surface area (Å²) in [6, 6.07) is 0. The van der Waals surface area contributed by atoms with Crippen molar-refractivity contribution in [3.63, 3.8) is 0 Å². The smallest absolute Gasteiger partial charge is 0.313 e. The van der Waals surface area contributed by atoms with Crippen LogP contribution in [0.3, 0.4) is 0 Å². The Labute approximate surface area is 97.9 Å². The molecular weight excluding hydrogens is 230 g/mol. The number of hydrogen-bond acceptors (Lipinski definition) is 4. The Morgan fingerprint density at radius 2 is 2.27 bits per heavy atom. The Hall–Kier alpha value is -0.550. The number of rotatable bonds is 4. The zero-order valence-electron chi connectivity index (χ0n) is 9.11. The summed E-state index contributed by atoms with van der Waals surface area (Å²) in [5.74, 6) is 0.0487. The van der Waals surface area contributed by atoms with E-state index in [1.807, 2.05) is 5.38 Å². The Morgan fingerprint density at radius 3 is 2.73 bits per heavy atom. The lowest BCUT2D eigenvalue weighted by atomic mass is 9.98. The highest BCUT2D eigenvalue weighted by molar-refractivity contribution is 7.99. The van der Waals surface area contributed by atoms with Crippen LogP contribution in [0.4, 0.5) is 0 Å². The molecule has 84 valence electrons. The lowest BCUT2D eigenvalue weighted by Crippen LogP contribution is -2.10. The third-order valence-corrected chi connectivity index (χ3v) is 3.94. The van der Waals surface area contributed by atoms with Crippen LogP contribution in [0.25, 0.3) is 0 Å². The van der Waals surface area contributed by atoms with Gasteiger partial charge in [0.25, 0.3) is 0 Å². The van der Waals surface area contributed by atoms with Crippen molar-refractivity contribution in [2.45, 2.75) is 31.9 Å². The van der Waals surface area contributed by atoms with E-state index in [1.165, 1.54) is 11.8 Å². The Kier molecular flexibility index (Phi) is 4.16. The summed E-state index contributed by atoms with van der Waals surface area (Å²) in [6.45, 7) is 6.38. The summed E-state index contributed by atoms with van der Waals surface area (Å²) in [5, 5.41) is 11.6. The van der Waals surface area contributed by atoms with Gasteiger partial charge in [0.05, 0.1) is 16.5 Å². The molecule has 5 heteroatoms. The highest BCUT2D eigenvalue weighted by Crippen LogP contribution is 2.26. The van der Waals surface area contributed by atoms with Gasteiger partial charge in [-0.05, 0) is 0 Å². The predicted octanol–water partition coefficient (Wildman–Crippen LogP) is 2.76. The Bertz CT molecular complexity index is 341. The summed E-state index contributed by atoms with van der Waals surface area (Å²) in [4.78, 5) is 14.8. The molecule has 0 saturated heterocycles. The summed E-state index contributed by atoms with van der Waals surface area (Å²) >= 11 is 3.03. The fourth-order valence-corrected chi connectivity index (χ4v) is 2.61. The number of hydrogen-bond donors (Lipinski definition) is 1. The van der Waals surface area contributed by atoms with Crippen molar-refractivity contribution < 1.29 is 9.90 Å². The summed E-state index contributed by atoms with van der Waals surface area (Å²) in [6.07, 6.45) is 0. The lowest BCUT2D eigenvalue weighted by molar-refractivity contribution is -0.133. The highest BCUT2D eigenvalue weighted by atomic mass is 32.2. The third-order valence-electron chi connectivity index (χ3n) is 1.67. The number of aromatic nitrogens is 1. The standard InChI is InChI=1S/C10H15NO2S2/c1-10(2,3)9-11-7(5-15-9)4-14-6-8(12)13/h5H,4,6H2,1-3H3,(H,12,13). The number of aliphatic carboxylic acids is 1. The normalized spacial score (nSPS) is 11.7. The lowest BCUT2D eigenvalue weighted by Gasteiger charge is -2.13. The van der Waals surface area contributed by atoms with Crippen LogP contribution in [0.15, 0.2) is 5.38 Å². The molecule has 0 saturated carbocycles. The first kappa shape index (κ1) is 12.5. The average Bonchev–Trinajstić information content (AvgIpc) is 2.51. The first-order valence-corrected chi connectivity index (χ1v) is 6.67. The molecule has 0 amide bonds. The van der Waals surface area contributed by atoms with E-state index in [0.29, 0.717) is 5.75 Å². The van der Waals surface area contributed by atoms with Gasteiger partial charge in [-0.25, -0.2) is 4.98 Å². The second-order valence-electron chi connectivity index (χ2n) is 4.28. The molecular formula is C10H15NO2S2. The van der Waals surface area contributed by atoms with Gasteiger partial charge in [-0.1, -0.05) is 20.8 Å². The van der Waals surface area contributed by atoms with E-state index in [1.54, 1.807) is 11.3 Å². The molecule has 15 heavy (non-hydrogen) atoms. The molecule has 0 aliphatic carbocycles. The molecule has 0 bridgehead atoms. The summed E-state index contributed by atoms with van der Waals surface area (Å²) in [7, 11) is 0. The Morgan fingerprint density at radius 1 is 1.60 bits per heavy atom. The van der Waals surface area contributed by atoms with Crippen LogP contribution in [0.2, 0.25) is 0 Å². The van der Waals surface area contributed by atoms with E-state index in [0.717, 1.165) is 10.7 Å². The Balaban J connectivity index is 2.50. The van der Waals surface area contributed by atoms with Gasteiger partial charge in [0.2, 0.25) is 0 Å². The molecule has 1 rings (SSSR count). The van der Waals surface area contributed by atoms with Crippen LogP contribution >= 0.6 is 23.1 Å². The van der Waals surface area contributed by atoms with Crippen molar-refractivity contribution in [1.82, 2.24) is 4.98 Å². The van der Waals surface area contributed by atoms with Gasteiger partial charge < -0.3 is 5.11 Å². The molecule has 1 aromatic heterocycles. The number of nitrogens with zero attached hydrogens (tertiary/aromatic N) is 1. The zero-order chi connectivity index (χ0) is 11.5. The van der Waals surface area contributed by atoms with E-state index in [4.69, 9.17) is 5.11 Å². The fraction of sp³-hybridized carbons (Fsp3) is 0.600. The van der Waals surface area contributed by atoms with Crippen molar-refractivity contribution in [1.29, 1.82) is 0 Å². The van der Waals surface area contributed by atoms with Gasteiger partial charge in [-0.15, -0.1) is 23.1 Å². The molecule has 1 N–H and O–H groups in total. The minimum atomic E-state index is -0.772. The molecule has 1 aromatic rings. The molecule has 0 aliphatic heterocycles. The van der Waals surface area contributed by atoms with Crippen LogP contribution in [-0.4, -0.2) is 21.8 Å². The molecule has 0 aromatic carbocycles. The van der Waals surface area contributed by atoms with Crippen molar-refractivity contribution in [3.8, 4) is 0 Å². The van der Waals surface area contributed by atoms with Crippen molar-refractivity contribution in [2.24, 2.45) is 0 Å². The molecule has 3 nitrogen and oxygen atoms in total. The monoisotopic (exact) mass is 245 g/mol. The fourth-order valence-electron chi connectivity index (χ4n) is 0.961. The maximum absolute atomic E-state index is 10.3. The molecule has 0 unspecified atom stereocenters. The molecule has 1 heterocycles. The molecule has 0 radical (unpaired) electrons. The number of carbonyl (C=O) groups is 1. The van der Waals surface area contributed by atoms with Crippen LogP contribution in [0, 0.1) is 0 Å². The minimum Gasteiger partial charge on any atom is -0.481 e. The second-order valence-corrected chi connectivity index (χ2v) is 6.12. The molecule has 0 atom stereocenters.